The second-order valence-corrected chi connectivity index (χ2v) is 7.01. The maximum atomic E-state index is 5.01. The van der Waals surface area contributed by atoms with Gasteiger partial charge in [0.25, 0.3) is 0 Å². The van der Waals surface area contributed by atoms with E-state index in [1.54, 1.807) is 0 Å². The van der Waals surface area contributed by atoms with Crippen molar-refractivity contribution in [1.82, 2.24) is 15.2 Å². The SMILES string of the molecule is Cc1cc(C)c2c(CNC(C)C)c3c(nc2c1)CCN(C)C3. The molecule has 0 unspecified atom stereocenters. The van der Waals surface area contributed by atoms with Crippen LogP contribution in [0.1, 0.15) is 41.8 Å². The normalized spacial score (nSPS) is 15.5. The Balaban J connectivity index is 2.22. The molecule has 1 aliphatic rings. The number of pyridine rings is 1. The smallest absolute Gasteiger partial charge is 0.0714 e. The monoisotopic (exact) mass is 297 g/mol. The van der Waals surface area contributed by atoms with Crippen molar-refractivity contribution in [2.24, 2.45) is 0 Å². The van der Waals surface area contributed by atoms with Crippen molar-refractivity contribution >= 4 is 10.9 Å². The number of fused-ring (bicyclic) bond motifs is 2. The molecule has 1 aliphatic heterocycles. The highest BCUT2D eigenvalue weighted by Crippen LogP contribution is 2.30. The summed E-state index contributed by atoms with van der Waals surface area (Å²) in [6, 6.07) is 5.01. The first-order chi connectivity index (χ1) is 10.5. The molecule has 0 bridgehead atoms. The van der Waals surface area contributed by atoms with E-state index in [-0.39, 0.29) is 0 Å². The van der Waals surface area contributed by atoms with E-state index in [4.69, 9.17) is 4.98 Å². The number of nitrogens with one attached hydrogen (secondary N) is 1. The lowest BCUT2D eigenvalue weighted by Crippen LogP contribution is -2.30. The summed E-state index contributed by atoms with van der Waals surface area (Å²) < 4.78 is 0. The Morgan fingerprint density at radius 1 is 1.27 bits per heavy atom. The van der Waals surface area contributed by atoms with Crippen LogP contribution in [0.25, 0.3) is 10.9 Å². The molecule has 2 heterocycles. The van der Waals surface area contributed by atoms with Crippen LogP contribution in [0.2, 0.25) is 0 Å². The highest BCUT2D eigenvalue weighted by Gasteiger charge is 2.21. The number of nitrogens with zero attached hydrogens (tertiary/aromatic N) is 2. The molecular formula is C19H27N3. The van der Waals surface area contributed by atoms with Crippen LogP contribution in [0.15, 0.2) is 12.1 Å². The summed E-state index contributed by atoms with van der Waals surface area (Å²) in [5.74, 6) is 0. The molecule has 0 aliphatic carbocycles. The van der Waals surface area contributed by atoms with Gasteiger partial charge in [0.05, 0.1) is 5.52 Å². The number of aryl methyl sites for hydroxylation is 2. The summed E-state index contributed by atoms with van der Waals surface area (Å²) in [7, 11) is 2.20. The molecule has 118 valence electrons. The zero-order valence-corrected chi connectivity index (χ0v) is 14.5. The van der Waals surface area contributed by atoms with E-state index in [0.29, 0.717) is 6.04 Å². The van der Waals surface area contributed by atoms with Crippen LogP contribution in [-0.4, -0.2) is 29.5 Å². The van der Waals surface area contributed by atoms with Gasteiger partial charge in [-0.2, -0.15) is 0 Å². The molecule has 1 N–H and O–H groups in total. The van der Waals surface area contributed by atoms with Gasteiger partial charge in [0.1, 0.15) is 0 Å². The summed E-state index contributed by atoms with van der Waals surface area (Å²) in [5, 5.41) is 4.97. The lowest BCUT2D eigenvalue weighted by Gasteiger charge is -2.28. The van der Waals surface area contributed by atoms with Gasteiger partial charge < -0.3 is 10.2 Å². The third-order valence-electron chi connectivity index (χ3n) is 4.57. The zero-order chi connectivity index (χ0) is 15.9. The van der Waals surface area contributed by atoms with E-state index in [9.17, 15) is 0 Å². The predicted molar refractivity (Wildman–Crippen MR) is 93.2 cm³/mol. The highest BCUT2D eigenvalue weighted by molar-refractivity contribution is 5.87. The Hall–Kier alpha value is -1.45. The highest BCUT2D eigenvalue weighted by atomic mass is 15.1. The molecule has 0 radical (unpaired) electrons. The van der Waals surface area contributed by atoms with Gasteiger partial charge in [-0.25, -0.2) is 0 Å². The first-order valence-corrected chi connectivity index (χ1v) is 8.29. The van der Waals surface area contributed by atoms with Crippen LogP contribution >= 0.6 is 0 Å². The van der Waals surface area contributed by atoms with Crippen molar-refractivity contribution in [3.8, 4) is 0 Å². The number of likely N-dealkylation sites (N-methyl/N-ethyl adjacent to an activating group) is 1. The summed E-state index contributed by atoms with van der Waals surface area (Å²) in [6.45, 7) is 11.8. The predicted octanol–water partition coefficient (Wildman–Crippen LogP) is 3.34. The Bertz CT molecular complexity index is 704. The molecule has 3 rings (SSSR count). The number of aromatic nitrogens is 1. The van der Waals surface area contributed by atoms with Crippen molar-refractivity contribution in [1.29, 1.82) is 0 Å². The fraction of sp³-hybridized carbons (Fsp3) is 0.526. The van der Waals surface area contributed by atoms with E-state index in [0.717, 1.165) is 26.1 Å². The van der Waals surface area contributed by atoms with Crippen molar-refractivity contribution < 1.29 is 0 Å². The number of benzene rings is 1. The minimum absolute atomic E-state index is 0.492. The Kier molecular flexibility index (Phi) is 4.20. The second-order valence-electron chi connectivity index (χ2n) is 7.01. The summed E-state index contributed by atoms with van der Waals surface area (Å²) in [4.78, 5) is 7.41. The Labute approximate surface area is 133 Å². The van der Waals surface area contributed by atoms with Crippen molar-refractivity contribution in [2.45, 2.75) is 53.2 Å². The molecule has 0 atom stereocenters. The quantitative estimate of drug-likeness (QED) is 0.942. The molecule has 0 amide bonds. The number of rotatable bonds is 3. The van der Waals surface area contributed by atoms with E-state index in [2.05, 4.69) is 57.1 Å². The van der Waals surface area contributed by atoms with Crippen molar-refractivity contribution in [3.05, 3.63) is 40.1 Å². The molecule has 0 spiro atoms. The van der Waals surface area contributed by atoms with Gasteiger partial charge in [-0.3, -0.25) is 4.98 Å². The van der Waals surface area contributed by atoms with Gasteiger partial charge in [-0.1, -0.05) is 19.9 Å². The third kappa shape index (κ3) is 2.88. The molecule has 0 fully saturated rings. The molecule has 1 aromatic heterocycles. The lowest BCUT2D eigenvalue weighted by atomic mass is 9.93. The summed E-state index contributed by atoms with van der Waals surface area (Å²) in [6.07, 6.45) is 1.06. The van der Waals surface area contributed by atoms with Gasteiger partial charge in [0, 0.05) is 43.2 Å². The van der Waals surface area contributed by atoms with Crippen LogP contribution in [0, 0.1) is 13.8 Å². The van der Waals surface area contributed by atoms with E-state index >= 15 is 0 Å². The minimum atomic E-state index is 0.492. The molecule has 22 heavy (non-hydrogen) atoms. The Morgan fingerprint density at radius 3 is 2.77 bits per heavy atom. The first kappa shape index (κ1) is 15.4. The minimum Gasteiger partial charge on any atom is -0.310 e. The molecule has 1 aromatic carbocycles. The van der Waals surface area contributed by atoms with Crippen molar-refractivity contribution in [2.75, 3.05) is 13.6 Å². The van der Waals surface area contributed by atoms with E-state index in [1.165, 1.54) is 38.9 Å². The topological polar surface area (TPSA) is 28.2 Å². The van der Waals surface area contributed by atoms with Gasteiger partial charge in [-0.15, -0.1) is 0 Å². The molecule has 3 heteroatoms. The number of hydrogen-bond donors (Lipinski definition) is 1. The maximum absolute atomic E-state index is 5.01. The van der Waals surface area contributed by atoms with Crippen LogP contribution in [0.5, 0.6) is 0 Å². The van der Waals surface area contributed by atoms with Crippen LogP contribution in [0.4, 0.5) is 0 Å². The molecular weight excluding hydrogens is 270 g/mol. The van der Waals surface area contributed by atoms with E-state index < -0.39 is 0 Å². The summed E-state index contributed by atoms with van der Waals surface area (Å²) in [5.41, 5.74) is 8.02. The average molecular weight is 297 g/mol. The maximum Gasteiger partial charge on any atom is 0.0714 e. The van der Waals surface area contributed by atoms with Gasteiger partial charge in [0.15, 0.2) is 0 Å². The molecule has 3 nitrogen and oxygen atoms in total. The number of hydrogen-bond acceptors (Lipinski definition) is 3. The average Bonchev–Trinajstić information content (AvgIpc) is 2.43. The van der Waals surface area contributed by atoms with Gasteiger partial charge in [-0.05, 0) is 49.2 Å². The summed E-state index contributed by atoms with van der Waals surface area (Å²) >= 11 is 0. The van der Waals surface area contributed by atoms with E-state index in [1.807, 2.05) is 0 Å². The fourth-order valence-electron chi connectivity index (χ4n) is 3.50. The molecule has 0 saturated heterocycles. The zero-order valence-electron chi connectivity index (χ0n) is 14.5. The second kappa shape index (κ2) is 5.98. The van der Waals surface area contributed by atoms with Crippen LogP contribution in [0.3, 0.4) is 0 Å². The molecule has 0 saturated carbocycles. The third-order valence-corrected chi connectivity index (χ3v) is 4.57. The fourth-order valence-corrected chi connectivity index (χ4v) is 3.50. The standard InChI is InChI=1S/C19H27N3/c1-12(2)20-10-15-16-11-22(5)7-6-17(16)21-18-9-13(3)8-14(4)19(15)18/h8-9,12,20H,6-7,10-11H2,1-5H3. The van der Waals surface area contributed by atoms with Crippen LogP contribution < -0.4 is 5.32 Å². The lowest BCUT2D eigenvalue weighted by molar-refractivity contribution is 0.308. The first-order valence-electron chi connectivity index (χ1n) is 8.29. The van der Waals surface area contributed by atoms with Gasteiger partial charge in [0.2, 0.25) is 0 Å². The van der Waals surface area contributed by atoms with Crippen LogP contribution in [-0.2, 0) is 19.5 Å². The Morgan fingerprint density at radius 2 is 2.05 bits per heavy atom. The van der Waals surface area contributed by atoms with Gasteiger partial charge >= 0.3 is 0 Å². The van der Waals surface area contributed by atoms with Crippen molar-refractivity contribution in [3.63, 3.8) is 0 Å². The molecule has 2 aromatic rings. The largest absolute Gasteiger partial charge is 0.310 e.